The largest absolute Gasteiger partial charge is 0.355 e. The molecule has 0 aliphatic carbocycles. The van der Waals surface area contributed by atoms with Crippen molar-refractivity contribution >= 4 is 46.1 Å². The molecule has 3 aromatic rings. The molecule has 0 aliphatic rings. The molecule has 2 amide bonds. The first-order valence-electron chi connectivity index (χ1n) is 8.63. The van der Waals surface area contributed by atoms with Gasteiger partial charge in [-0.15, -0.1) is 11.8 Å². The van der Waals surface area contributed by atoms with Crippen molar-refractivity contribution in [2.75, 3.05) is 18.8 Å². The van der Waals surface area contributed by atoms with Gasteiger partial charge in [-0.25, -0.2) is 0 Å². The quantitative estimate of drug-likeness (QED) is 0.396. The van der Waals surface area contributed by atoms with Gasteiger partial charge in [0.15, 0.2) is 0 Å². The van der Waals surface area contributed by atoms with Crippen LogP contribution in [-0.4, -0.2) is 35.6 Å². The third kappa shape index (κ3) is 5.77. The Morgan fingerprint density at radius 2 is 1.74 bits per heavy atom. The Kier molecular flexibility index (Phi) is 6.79. The predicted molar refractivity (Wildman–Crippen MR) is 110 cm³/mol. The number of carbonyl (C=O) groups excluding carboxylic acids is 2. The van der Waals surface area contributed by atoms with E-state index in [1.807, 2.05) is 42.5 Å². The smallest absolute Gasteiger partial charge is 0.267 e. The molecule has 0 bridgehead atoms. The maximum Gasteiger partial charge on any atom is 0.267 e. The number of halogens is 1. The molecule has 1 heterocycles. The second-order valence-electron chi connectivity index (χ2n) is 5.97. The summed E-state index contributed by atoms with van der Waals surface area (Å²) in [6, 6.07) is 17.0. The van der Waals surface area contributed by atoms with E-state index in [1.165, 1.54) is 11.8 Å². The van der Waals surface area contributed by atoms with Crippen molar-refractivity contribution in [3.8, 4) is 0 Å². The molecule has 0 radical (unpaired) electrons. The van der Waals surface area contributed by atoms with Gasteiger partial charge < -0.3 is 15.6 Å². The highest BCUT2D eigenvalue weighted by Gasteiger charge is 2.08. The first kappa shape index (κ1) is 19.3. The second-order valence-corrected chi connectivity index (χ2v) is 7.46. The number of aromatic amines is 1. The van der Waals surface area contributed by atoms with Gasteiger partial charge in [0.2, 0.25) is 5.91 Å². The number of carbonyl (C=O) groups is 2. The lowest BCUT2D eigenvalue weighted by Crippen LogP contribution is -2.30. The van der Waals surface area contributed by atoms with Crippen LogP contribution in [0.15, 0.2) is 59.5 Å². The average Bonchev–Trinajstić information content (AvgIpc) is 3.11. The minimum Gasteiger partial charge on any atom is -0.355 e. The van der Waals surface area contributed by atoms with Crippen molar-refractivity contribution < 1.29 is 9.59 Å². The SMILES string of the molecule is O=C(CSc1ccc(Cl)cc1)NCCCNC(=O)c1cc2ccccc2[nH]1. The van der Waals surface area contributed by atoms with Crippen molar-refractivity contribution in [2.24, 2.45) is 0 Å². The number of para-hydroxylation sites is 1. The first-order chi connectivity index (χ1) is 13.1. The summed E-state index contributed by atoms with van der Waals surface area (Å²) in [7, 11) is 0. The molecule has 0 atom stereocenters. The Morgan fingerprint density at radius 3 is 2.52 bits per heavy atom. The second kappa shape index (κ2) is 9.48. The number of hydrogen-bond acceptors (Lipinski definition) is 3. The summed E-state index contributed by atoms with van der Waals surface area (Å²) in [6.07, 6.45) is 0.670. The zero-order valence-electron chi connectivity index (χ0n) is 14.6. The molecule has 0 fully saturated rings. The monoisotopic (exact) mass is 401 g/mol. The first-order valence-corrected chi connectivity index (χ1v) is 9.99. The van der Waals surface area contributed by atoms with Crippen LogP contribution in [0.4, 0.5) is 0 Å². The third-order valence-corrected chi connectivity index (χ3v) is 5.18. The molecule has 3 N–H and O–H groups in total. The van der Waals surface area contributed by atoms with Gasteiger partial charge in [0.25, 0.3) is 5.91 Å². The fraction of sp³-hybridized carbons (Fsp3) is 0.200. The van der Waals surface area contributed by atoms with Crippen LogP contribution in [0.2, 0.25) is 5.02 Å². The van der Waals surface area contributed by atoms with E-state index >= 15 is 0 Å². The van der Waals surface area contributed by atoms with Gasteiger partial charge in [0.1, 0.15) is 5.69 Å². The maximum atomic E-state index is 12.2. The van der Waals surface area contributed by atoms with E-state index in [0.29, 0.717) is 36.0 Å². The predicted octanol–water partition coefficient (Wildman–Crippen LogP) is 3.85. The van der Waals surface area contributed by atoms with Crippen molar-refractivity contribution in [1.29, 1.82) is 0 Å². The van der Waals surface area contributed by atoms with Crippen LogP contribution in [0, 0.1) is 0 Å². The Balaban J connectivity index is 1.32. The number of benzene rings is 2. The fourth-order valence-corrected chi connectivity index (χ4v) is 3.39. The van der Waals surface area contributed by atoms with Gasteiger partial charge in [-0.05, 0) is 42.8 Å². The van der Waals surface area contributed by atoms with E-state index in [0.717, 1.165) is 15.8 Å². The van der Waals surface area contributed by atoms with Crippen LogP contribution in [-0.2, 0) is 4.79 Å². The van der Waals surface area contributed by atoms with Crippen molar-refractivity contribution in [3.05, 3.63) is 65.3 Å². The number of aromatic nitrogens is 1. The molecular weight excluding hydrogens is 382 g/mol. The van der Waals surface area contributed by atoms with Crippen molar-refractivity contribution in [3.63, 3.8) is 0 Å². The zero-order chi connectivity index (χ0) is 19.1. The van der Waals surface area contributed by atoms with Crippen LogP contribution in [0.3, 0.4) is 0 Å². The topological polar surface area (TPSA) is 74.0 Å². The molecule has 140 valence electrons. The highest BCUT2D eigenvalue weighted by molar-refractivity contribution is 8.00. The van der Waals surface area contributed by atoms with E-state index in [9.17, 15) is 9.59 Å². The van der Waals surface area contributed by atoms with Gasteiger partial charge >= 0.3 is 0 Å². The van der Waals surface area contributed by atoms with E-state index in [-0.39, 0.29) is 11.8 Å². The number of fused-ring (bicyclic) bond motifs is 1. The summed E-state index contributed by atoms with van der Waals surface area (Å²) < 4.78 is 0. The Bertz CT molecular complexity index is 891. The molecule has 1 aromatic heterocycles. The Hall–Kier alpha value is -2.44. The minimum atomic E-state index is -0.143. The molecule has 7 heteroatoms. The van der Waals surface area contributed by atoms with Crippen molar-refractivity contribution in [1.82, 2.24) is 15.6 Å². The molecule has 0 unspecified atom stereocenters. The highest BCUT2D eigenvalue weighted by Crippen LogP contribution is 2.19. The van der Waals surface area contributed by atoms with Gasteiger partial charge in [-0.2, -0.15) is 0 Å². The number of amides is 2. The summed E-state index contributed by atoms with van der Waals surface area (Å²) in [5.74, 6) is 0.177. The molecule has 0 saturated heterocycles. The Morgan fingerprint density at radius 1 is 1.00 bits per heavy atom. The Labute approximate surface area is 166 Å². The number of H-pyrrole nitrogens is 1. The standard InChI is InChI=1S/C20H20ClN3O2S/c21-15-6-8-16(9-7-15)27-13-19(25)22-10-3-11-23-20(26)18-12-14-4-1-2-5-17(14)24-18/h1-2,4-9,12,24H,3,10-11,13H2,(H,22,25)(H,23,26). The molecule has 0 aliphatic heterocycles. The maximum absolute atomic E-state index is 12.2. The lowest BCUT2D eigenvalue weighted by Gasteiger charge is -2.06. The van der Waals surface area contributed by atoms with E-state index in [1.54, 1.807) is 12.1 Å². The summed E-state index contributed by atoms with van der Waals surface area (Å²) in [5.41, 5.74) is 1.48. The lowest BCUT2D eigenvalue weighted by molar-refractivity contribution is -0.118. The van der Waals surface area contributed by atoms with Crippen LogP contribution < -0.4 is 10.6 Å². The molecule has 0 spiro atoms. The third-order valence-electron chi connectivity index (χ3n) is 3.92. The minimum absolute atomic E-state index is 0.0307. The van der Waals surface area contributed by atoms with Gasteiger partial charge in [-0.1, -0.05) is 29.8 Å². The number of thioether (sulfide) groups is 1. The lowest BCUT2D eigenvalue weighted by atomic mass is 10.2. The van der Waals surface area contributed by atoms with E-state index in [2.05, 4.69) is 15.6 Å². The van der Waals surface area contributed by atoms with Gasteiger partial charge in [0.05, 0.1) is 5.75 Å². The van der Waals surface area contributed by atoms with Crippen LogP contribution in [0.25, 0.3) is 10.9 Å². The average molecular weight is 402 g/mol. The molecule has 5 nitrogen and oxygen atoms in total. The number of rotatable bonds is 8. The molecular formula is C20H20ClN3O2S. The fourth-order valence-electron chi connectivity index (χ4n) is 2.54. The van der Waals surface area contributed by atoms with Crippen LogP contribution >= 0.6 is 23.4 Å². The summed E-state index contributed by atoms with van der Waals surface area (Å²) >= 11 is 7.29. The molecule has 0 saturated carbocycles. The van der Waals surface area contributed by atoms with Crippen LogP contribution in [0.1, 0.15) is 16.9 Å². The van der Waals surface area contributed by atoms with Crippen LogP contribution in [0.5, 0.6) is 0 Å². The van der Waals surface area contributed by atoms with Gasteiger partial charge in [0, 0.05) is 33.9 Å². The van der Waals surface area contributed by atoms with Crippen molar-refractivity contribution in [2.45, 2.75) is 11.3 Å². The normalized spacial score (nSPS) is 10.7. The summed E-state index contributed by atoms with van der Waals surface area (Å²) in [4.78, 5) is 28.1. The zero-order valence-corrected chi connectivity index (χ0v) is 16.2. The highest BCUT2D eigenvalue weighted by atomic mass is 35.5. The number of hydrogen-bond donors (Lipinski definition) is 3. The molecule has 2 aromatic carbocycles. The summed E-state index contributed by atoms with van der Waals surface area (Å²) in [6.45, 7) is 1.02. The van der Waals surface area contributed by atoms with E-state index < -0.39 is 0 Å². The molecule has 3 rings (SSSR count). The molecule has 27 heavy (non-hydrogen) atoms. The number of nitrogens with one attached hydrogen (secondary N) is 3. The summed E-state index contributed by atoms with van der Waals surface area (Å²) in [5, 5.41) is 7.40. The van der Waals surface area contributed by atoms with Gasteiger partial charge in [-0.3, -0.25) is 9.59 Å². The van der Waals surface area contributed by atoms with E-state index in [4.69, 9.17) is 11.6 Å².